The molecule has 0 aromatic heterocycles. The Morgan fingerprint density at radius 2 is 1.55 bits per heavy atom. The lowest BCUT2D eigenvalue weighted by Crippen LogP contribution is -2.49. The Labute approximate surface area is 183 Å². The largest absolute Gasteiger partial charge is 0.338 e. The highest BCUT2D eigenvalue weighted by atomic mass is 16.2. The van der Waals surface area contributed by atoms with Crippen LogP contribution in [0.3, 0.4) is 0 Å². The molecule has 5 nitrogen and oxygen atoms in total. The summed E-state index contributed by atoms with van der Waals surface area (Å²) >= 11 is 0. The van der Waals surface area contributed by atoms with Gasteiger partial charge in [-0.15, -0.1) is 0 Å². The summed E-state index contributed by atoms with van der Waals surface area (Å²) < 4.78 is 0. The predicted octanol–water partition coefficient (Wildman–Crippen LogP) is 5.40. The summed E-state index contributed by atoms with van der Waals surface area (Å²) in [4.78, 5) is 30.2. The molecule has 3 aromatic rings. The van der Waals surface area contributed by atoms with E-state index in [2.05, 4.69) is 5.32 Å². The summed E-state index contributed by atoms with van der Waals surface area (Å²) in [6.45, 7) is 4.51. The van der Waals surface area contributed by atoms with E-state index in [9.17, 15) is 9.59 Å². The van der Waals surface area contributed by atoms with Gasteiger partial charge in [0, 0.05) is 29.5 Å². The van der Waals surface area contributed by atoms with Gasteiger partial charge in [-0.05, 0) is 56.2 Å². The van der Waals surface area contributed by atoms with Gasteiger partial charge in [0.1, 0.15) is 0 Å². The molecule has 1 heterocycles. The van der Waals surface area contributed by atoms with Crippen molar-refractivity contribution >= 4 is 23.3 Å². The molecule has 2 atom stereocenters. The Balaban J connectivity index is 1.79. The lowest BCUT2D eigenvalue weighted by molar-refractivity contribution is 0.0973. The number of fused-ring (bicyclic) bond motifs is 1. The Morgan fingerprint density at radius 3 is 2.23 bits per heavy atom. The summed E-state index contributed by atoms with van der Waals surface area (Å²) in [7, 11) is 0. The van der Waals surface area contributed by atoms with E-state index >= 15 is 0 Å². The average Bonchev–Trinajstić information content (AvgIpc) is 2.80. The van der Waals surface area contributed by atoms with Crippen LogP contribution in [0.5, 0.6) is 0 Å². The van der Waals surface area contributed by atoms with Gasteiger partial charge in [-0.25, -0.2) is 4.79 Å². The molecule has 31 heavy (non-hydrogen) atoms. The van der Waals surface area contributed by atoms with Crippen LogP contribution in [0.2, 0.25) is 0 Å². The van der Waals surface area contributed by atoms with Crippen molar-refractivity contribution in [1.29, 1.82) is 0 Å². The van der Waals surface area contributed by atoms with Gasteiger partial charge in [-0.3, -0.25) is 9.69 Å². The van der Waals surface area contributed by atoms with Crippen LogP contribution in [0.1, 0.15) is 42.2 Å². The zero-order valence-electron chi connectivity index (χ0n) is 17.9. The number of carbonyl (C=O) groups excluding carboxylic acids is 2. The van der Waals surface area contributed by atoms with Crippen LogP contribution >= 0.6 is 0 Å². The number of benzene rings is 3. The van der Waals surface area contributed by atoms with Crippen molar-refractivity contribution < 1.29 is 9.59 Å². The maximum absolute atomic E-state index is 13.4. The third-order valence-corrected chi connectivity index (χ3v) is 5.69. The van der Waals surface area contributed by atoms with Gasteiger partial charge < -0.3 is 10.2 Å². The Bertz CT molecular complexity index is 1050. The molecule has 0 fully saturated rings. The minimum Gasteiger partial charge on any atom is -0.338 e. The second kappa shape index (κ2) is 9.04. The van der Waals surface area contributed by atoms with E-state index < -0.39 is 0 Å². The lowest BCUT2D eigenvalue weighted by atomic mass is 9.89. The molecule has 3 amide bonds. The first kappa shape index (κ1) is 20.7. The van der Waals surface area contributed by atoms with Crippen molar-refractivity contribution in [3.8, 4) is 0 Å². The summed E-state index contributed by atoms with van der Waals surface area (Å²) in [5, 5.41) is 2.95. The van der Waals surface area contributed by atoms with E-state index in [0.29, 0.717) is 18.5 Å². The molecule has 3 aromatic carbocycles. The summed E-state index contributed by atoms with van der Waals surface area (Å²) in [6.07, 6.45) is 0.640. The molecule has 158 valence electrons. The minimum absolute atomic E-state index is 0.0247. The maximum atomic E-state index is 13.4. The van der Waals surface area contributed by atoms with Crippen molar-refractivity contribution in [1.82, 2.24) is 5.32 Å². The predicted molar refractivity (Wildman–Crippen MR) is 125 cm³/mol. The first-order valence-electron chi connectivity index (χ1n) is 10.7. The molecule has 0 bridgehead atoms. The van der Waals surface area contributed by atoms with Crippen LogP contribution in [0.15, 0.2) is 84.9 Å². The number of carbonyl (C=O) groups is 2. The number of para-hydroxylation sites is 2. The second-order valence-electron chi connectivity index (χ2n) is 7.74. The van der Waals surface area contributed by atoms with Gasteiger partial charge in [-0.1, -0.05) is 54.6 Å². The molecule has 0 saturated heterocycles. The third kappa shape index (κ3) is 4.04. The monoisotopic (exact) mass is 413 g/mol. The second-order valence-corrected chi connectivity index (χ2v) is 7.74. The summed E-state index contributed by atoms with van der Waals surface area (Å²) in [6, 6.07) is 26.6. The quantitative estimate of drug-likeness (QED) is 0.622. The van der Waals surface area contributed by atoms with Gasteiger partial charge in [0.05, 0.1) is 6.04 Å². The van der Waals surface area contributed by atoms with Gasteiger partial charge >= 0.3 is 6.03 Å². The molecule has 4 rings (SSSR count). The maximum Gasteiger partial charge on any atom is 0.322 e. The van der Waals surface area contributed by atoms with Crippen molar-refractivity contribution in [2.75, 3.05) is 16.3 Å². The van der Waals surface area contributed by atoms with Crippen molar-refractivity contribution in [2.45, 2.75) is 32.4 Å². The van der Waals surface area contributed by atoms with Crippen LogP contribution in [-0.4, -0.2) is 24.5 Å². The zero-order valence-corrected chi connectivity index (χ0v) is 17.9. The van der Waals surface area contributed by atoms with Crippen LogP contribution in [0, 0.1) is 0 Å². The van der Waals surface area contributed by atoms with Crippen LogP contribution in [0.25, 0.3) is 0 Å². The first-order valence-corrected chi connectivity index (χ1v) is 10.7. The fourth-order valence-electron chi connectivity index (χ4n) is 4.32. The molecule has 2 unspecified atom stereocenters. The van der Waals surface area contributed by atoms with E-state index in [0.717, 1.165) is 16.9 Å². The highest BCUT2D eigenvalue weighted by Gasteiger charge is 2.38. The van der Waals surface area contributed by atoms with Gasteiger partial charge in [0.15, 0.2) is 0 Å². The molecule has 1 N–H and O–H groups in total. The van der Waals surface area contributed by atoms with Crippen LogP contribution in [-0.2, 0) is 0 Å². The van der Waals surface area contributed by atoms with Gasteiger partial charge in [0.2, 0.25) is 0 Å². The van der Waals surface area contributed by atoms with Crippen LogP contribution < -0.4 is 15.1 Å². The Hall–Kier alpha value is -3.60. The normalized spacial score (nSPS) is 17.5. The van der Waals surface area contributed by atoms with E-state index in [4.69, 9.17) is 0 Å². The highest BCUT2D eigenvalue weighted by Crippen LogP contribution is 2.42. The molecule has 1 aliphatic rings. The zero-order chi connectivity index (χ0) is 21.8. The summed E-state index contributed by atoms with van der Waals surface area (Å²) in [5.41, 5.74) is 3.32. The van der Waals surface area contributed by atoms with Crippen molar-refractivity contribution in [3.05, 3.63) is 96.1 Å². The van der Waals surface area contributed by atoms with E-state index in [-0.39, 0.29) is 24.0 Å². The SMILES string of the molecule is CCNC(=O)N(c1ccccc1)C1CC(C)N(C(=O)c2ccccc2)c2ccccc21. The standard InChI is InChI=1S/C26H27N3O2/c1-3-27-26(31)29(21-14-8-5-9-15-21)24-18-19(2)28(23-17-11-10-16-22(23)24)25(30)20-12-6-4-7-13-20/h4-17,19,24H,3,18H2,1-2H3,(H,27,31). The first-order chi connectivity index (χ1) is 15.1. The Morgan fingerprint density at radius 1 is 0.935 bits per heavy atom. The van der Waals surface area contributed by atoms with Gasteiger partial charge in [0.25, 0.3) is 5.91 Å². The van der Waals surface area contributed by atoms with Crippen molar-refractivity contribution in [3.63, 3.8) is 0 Å². The molecule has 1 aliphatic heterocycles. The fourth-order valence-corrected chi connectivity index (χ4v) is 4.32. The molecule has 0 spiro atoms. The number of nitrogens with one attached hydrogen (secondary N) is 1. The molecular formula is C26H27N3O2. The minimum atomic E-state index is -0.181. The fraction of sp³-hybridized carbons (Fsp3) is 0.231. The summed E-state index contributed by atoms with van der Waals surface area (Å²) in [5.74, 6) is -0.0247. The van der Waals surface area contributed by atoms with Gasteiger partial charge in [-0.2, -0.15) is 0 Å². The number of hydrogen-bond acceptors (Lipinski definition) is 2. The van der Waals surface area contributed by atoms with Crippen LogP contribution in [0.4, 0.5) is 16.2 Å². The highest BCUT2D eigenvalue weighted by molar-refractivity contribution is 6.07. The Kier molecular flexibility index (Phi) is 6.03. The number of nitrogens with zero attached hydrogens (tertiary/aromatic N) is 2. The number of hydrogen-bond donors (Lipinski definition) is 1. The number of urea groups is 1. The topological polar surface area (TPSA) is 52.7 Å². The van der Waals surface area contributed by atoms with E-state index in [1.807, 2.05) is 109 Å². The molecule has 0 aliphatic carbocycles. The molecule has 5 heteroatoms. The van der Waals surface area contributed by atoms with Crippen molar-refractivity contribution in [2.24, 2.45) is 0 Å². The van der Waals surface area contributed by atoms with E-state index in [1.165, 1.54) is 0 Å². The molecular weight excluding hydrogens is 386 g/mol. The number of anilines is 2. The molecule has 0 saturated carbocycles. The average molecular weight is 414 g/mol. The lowest BCUT2D eigenvalue weighted by Gasteiger charge is -2.43. The molecule has 0 radical (unpaired) electrons. The number of amides is 3. The number of rotatable bonds is 4. The van der Waals surface area contributed by atoms with E-state index in [1.54, 1.807) is 0 Å². The third-order valence-electron chi connectivity index (χ3n) is 5.69. The smallest absolute Gasteiger partial charge is 0.322 e.